The second-order valence-corrected chi connectivity index (χ2v) is 10.3. The lowest BCUT2D eigenvalue weighted by Gasteiger charge is -2.26. The van der Waals surface area contributed by atoms with Crippen LogP contribution in [0.2, 0.25) is 5.02 Å². The number of ether oxygens (including phenoxy) is 3. The third-order valence-electron chi connectivity index (χ3n) is 7.03. The number of methoxy groups -OCH3 is 1. The highest BCUT2D eigenvalue weighted by molar-refractivity contribution is 6.30. The summed E-state index contributed by atoms with van der Waals surface area (Å²) in [7, 11) is 1.48. The number of carboxylic acid groups (broad SMARTS) is 1. The number of anilines is 2. The Morgan fingerprint density at radius 1 is 1.07 bits per heavy atom. The molecular weight excluding hydrogens is 565 g/mol. The van der Waals surface area contributed by atoms with Gasteiger partial charge >= 0.3 is 12.3 Å². The molecule has 1 amide bonds. The molecule has 5 rings (SSSR count). The second-order valence-electron chi connectivity index (χ2n) is 9.86. The monoisotopic (exact) mass is 590 g/mol. The van der Waals surface area contributed by atoms with Gasteiger partial charge in [0, 0.05) is 47.4 Å². The summed E-state index contributed by atoms with van der Waals surface area (Å²) in [6, 6.07) is 14.7. The molecule has 1 heterocycles. The van der Waals surface area contributed by atoms with Crippen molar-refractivity contribution in [3.8, 4) is 17.2 Å². The smallest absolute Gasteiger partial charge is 0.497 e. The first-order valence-corrected chi connectivity index (χ1v) is 13.2. The van der Waals surface area contributed by atoms with Crippen LogP contribution in [-0.2, 0) is 16.0 Å². The van der Waals surface area contributed by atoms with Gasteiger partial charge in [-0.15, -0.1) is 13.2 Å². The first-order chi connectivity index (χ1) is 19.5. The lowest BCUT2D eigenvalue weighted by molar-refractivity contribution is -0.274. The minimum absolute atomic E-state index is 0.0834. The maximum atomic E-state index is 14.0. The Balaban J connectivity index is 1.42. The number of nitrogens with one attached hydrogen (secondary N) is 1. The molecule has 3 aromatic rings. The molecule has 3 aromatic carbocycles. The van der Waals surface area contributed by atoms with Crippen LogP contribution in [-0.4, -0.2) is 43.6 Å². The quantitative estimate of drug-likeness (QED) is 0.295. The van der Waals surface area contributed by atoms with Gasteiger partial charge in [0.15, 0.2) is 0 Å². The number of alkyl halides is 3. The Hall–Kier alpha value is -4.12. The molecule has 216 valence electrons. The first kappa shape index (κ1) is 28.4. The highest BCUT2D eigenvalue weighted by atomic mass is 35.5. The van der Waals surface area contributed by atoms with Crippen LogP contribution in [0.1, 0.15) is 23.6 Å². The summed E-state index contributed by atoms with van der Waals surface area (Å²) >= 11 is 6.08. The summed E-state index contributed by atoms with van der Waals surface area (Å²) in [5, 5.41) is 12.8. The molecule has 0 bridgehead atoms. The van der Waals surface area contributed by atoms with Gasteiger partial charge in [0.05, 0.1) is 25.3 Å². The summed E-state index contributed by atoms with van der Waals surface area (Å²) in [6.07, 6.45) is -3.85. The van der Waals surface area contributed by atoms with Crippen LogP contribution in [0.25, 0.3) is 0 Å². The van der Waals surface area contributed by atoms with Crippen LogP contribution in [0.3, 0.4) is 0 Å². The molecule has 12 heteroatoms. The molecule has 1 aliphatic heterocycles. The van der Waals surface area contributed by atoms with Gasteiger partial charge in [-0.05, 0) is 42.2 Å². The van der Waals surface area contributed by atoms with Crippen molar-refractivity contribution >= 4 is 34.9 Å². The van der Waals surface area contributed by atoms with Crippen LogP contribution in [0.4, 0.5) is 24.5 Å². The van der Waals surface area contributed by atoms with Crippen LogP contribution in [0.15, 0.2) is 60.7 Å². The lowest BCUT2D eigenvalue weighted by Crippen LogP contribution is -2.37. The molecule has 0 radical (unpaired) electrons. The van der Waals surface area contributed by atoms with E-state index in [4.69, 9.17) is 26.2 Å². The van der Waals surface area contributed by atoms with Crippen LogP contribution < -0.4 is 24.4 Å². The van der Waals surface area contributed by atoms with E-state index in [0.717, 1.165) is 5.56 Å². The largest absolute Gasteiger partial charge is 0.573 e. The van der Waals surface area contributed by atoms with Crippen molar-refractivity contribution in [1.29, 1.82) is 0 Å². The third-order valence-corrected chi connectivity index (χ3v) is 7.28. The highest BCUT2D eigenvalue weighted by Gasteiger charge is 2.43. The van der Waals surface area contributed by atoms with E-state index in [9.17, 15) is 22.8 Å². The number of carbonyl (C=O) groups is 2. The van der Waals surface area contributed by atoms with Crippen molar-refractivity contribution in [2.45, 2.75) is 25.2 Å². The fourth-order valence-corrected chi connectivity index (χ4v) is 4.97. The molecule has 41 heavy (non-hydrogen) atoms. The predicted octanol–water partition coefficient (Wildman–Crippen LogP) is 6.09. The Morgan fingerprint density at radius 2 is 1.80 bits per heavy atom. The van der Waals surface area contributed by atoms with Gasteiger partial charge in [-0.2, -0.15) is 0 Å². The molecule has 1 saturated carbocycles. The van der Waals surface area contributed by atoms with E-state index in [-0.39, 0.29) is 19.1 Å². The average Bonchev–Trinajstić information content (AvgIpc) is 3.60. The minimum atomic E-state index is -4.87. The molecule has 1 aliphatic carbocycles. The topological polar surface area (TPSA) is 97.3 Å². The number of amides is 1. The number of benzene rings is 3. The van der Waals surface area contributed by atoms with Gasteiger partial charge in [0.2, 0.25) is 0 Å². The van der Waals surface area contributed by atoms with Gasteiger partial charge in [0.1, 0.15) is 23.3 Å². The summed E-state index contributed by atoms with van der Waals surface area (Å²) in [6.45, 7) is 0.490. The zero-order chi connectivity index (χ0) is 29.3. The molecule has 0 saturated heterocycles. The number of carbonyl (C=O) groups excluding carboxylic acids is 1. The maximum absolute atomic E-state index is 14.0. The molecule has 0 unspecified atom stereocenters. The fraction of sp³-hybridized carbons (Fsp3) is 0.310. The van der Waals surface area contributed by atoms with Gasteiger partial charge in [-0.25, -0.2) is 0 Å². The van der Waals surface area contributed by atoms with Crippen molar-refractivity contribution < 1.29 is 42.1 Å². The molecular formula is C29H26ClF3N2O6. The van der Waals surface area contributed by atoms with Crippen LogP contribution in [0, 0.1) is 11.8 Å². The van der Waals surface area contributed by atoms with E-state index in [1.807, 2.05) is 0 Å². The molecule has 8 nitrogen and oxygen atoms in total. The van der Waals surface area contributed by atoms with E-state index in [1.165, 1.54) is 30.2 Å². The summed E-state index contributed by atoms with van der Waals surface area (Å²) in [5.41, 5.74) is 2.11. The number of fused-ring (bicyclic) bond motifs is 1. The molecule has 0 aromatic heterocycles. The maximum Gasteiger partial charge on any atom is 0.573 e. The zero-order valence-electron chi connectivity index (χ0n) is 21.8. The van der Waals surface area contributed by atoms with E-state index in [2.05, 4.69) is 10.1 Å². The van der Waals surface area contributed by atoms with Crippen LogP contribution >= 0.6 is 11.6 Å². The number of halogens is 4. The van der Waals surface area contributed by atoms with Gasteiger partial charge in [-0.3, -0.25) is 9.59 Å². The predicted molar refractivity (Wildman–Crippen MR) is 145 cm³/mol. The van der Waals surface area contributed by atoms with Crippen molar-refractivity contribution in [1.82, 2.24) is 0 Å². The highest BCUT2D eigenvalue weighted by Crippen LogP contribution is 2.40. The Morgan fingerprint density at radius 3 is 2.46 bits per heavy atom. The molecule has 2 aliphatic rings. The normalized spacial score (nSPS) is 18.3. The average molecular weight is 591 g/mol. The number of aliphatic carboxylic acids is 1. The first-order valence-electron chi connectivity index (χ1n) is 12.8. The van der Waals surface area contributed by atoms with Crippen molar-refractivity contribution in [3.05, 3.63) is 76.8 Å². The summed E-state index contributed by atoms with van der Waals surface area (Å²) in [4.78, 5) is 26.6. The van der Waals surface area contributed by atoms with Crippen molar-refractivity contribution in [2.24, 2.45) is 11.8 Å². The molecule has 1 fully saturated rings. The third kappa shape index (κ3) is 6.79. The van der Waals surface area contributed by atoms with Crippen molar-refractivity contribution in [2.75, 3.05) is 30.5 Å². The van der Waals surface area contributed by atoms with E-state index < -0.39 is 35.9 Å². The standard InChI is InChI=1S/C29H26ClF3N2O6/c1-39-22-11-20(12-23(13-22)40-15-18-10-24(18)28(37)38)34-26(17-2-5-19(30)6-3-17)27(36)35-9-8-16-4-7-21(14-25(16)35)41-29(31,32)33/h2-7,11-14,18,24,26,34H,8-10,15H2,1H3,(H,37,38)/t18-,24+,26-/m0/s1. The fourth-order valence-electron chi connectivity index (χ4n) is 4.84. The number of carboxylic acids is 1. The van der Waals surface area contributed by atoms with Gasteiger partial charge < -0.3 is 29.5 Å². The molecule has 3 atom stereocenters. The Kier molecular flexibility index (Phi) is 7.90. The Labute approximate surface area is 238 Å². The number of rotatable bonds is 10. The van der Waals surface area contributed by atoms with Crippen LogP contribution in [0.5, 0.6) is 17.2 Å². The Bertz CT molecular complexity index is 1450. The van der Waals surface area contributed by atoms with E-state index >= 15 is 0 Å². The van der Waals surface area contributed by atoms with E-state index in [1.54, 1.807) is 42.5 Å². The SMILES string of the molecule is COc1cc(N[C@H](C(=O)N2CCc3ccc(OC(F)(F)F)cc32)c2ccc(Cl)cc2)cc(OC[C@@H]2C[C@H]2C(=O)O)c1. The van der Waals surface area contributed by atoms with Gasteiger partial charge in [0.25, 0.3) is 5.91 Å². The van der Waals surface area contributed by atoms with E-state index in [0.29, 0.717) is 46.3 Å². The second kappa shape index (κ2) is 11.4. The number of hydrogen-bond donors (Lipinski definition) is 2. The number of hydrogen-bond acceptors (Lipinski definition) is 6. The molecule has 0 spiro atoms. The summed E-state index contributed by atoms with van der Waals surface area (Å²) < 4.78 is 53.9. The minimum Gasteiger partial charge on any atom is -0.497 e. The molecule has 2 N–H and O–H groups in total. The van der Waals surface area contributed by atoms with Gasteiger partial charge in [-0.1, -0.05) is 29.8 Å². The number of nitrogens with zero attached hydrogens (tertiary/aromatic N) is 1. The summed E-state index contributed by atoms with van der Waals surface area (Å²) in [5.74, 6) is -1.30. The lowest BCUT2D eigenvalue weighted by atomic mass is 10.0. The van der Waals surface area contributed by atoms with Crippen molar-refractivity contribution in [3.63, 3.8) is 0 Å². The zero-order valence-corrected chi connectivity index (χ0v) is 22.5.